The molecule has 2 N–H and O–H groups in total. The highest BCUT2D eigenvalue weighted by Gasteiger charge is 2.06. The number of methoxy groups -OCH3 is 1. The van der Waals surface area contributed by atoms with Crippen molar-refractivity contribution in [2.45, 2.75) is 39.0 Å². The summed E-state index contributed by atoms with van der Waals surface area (Å²) in [7, 11) is 1.62. The standard InChI is InChI=1S/C15H23NO2S/c1-3-4-5-6-7-10-18-13-9-8-12(15(16)19)11-14(13)17-2/h8-9,11H,3-7,10H2,1-2H3,(H2,16,19). The fourth-order valence-corrected chi connectivity index (χ4v) is 1.95. The van der Waals surface area contributed by atoms with Gasteiger partial charge in [0, 0.05) is 5.56 Å². The van der Waals surface area contributed by atoms with Crippen molar-refractivity contribution in [3.8, 4) is 11.5 Å². The second-order valence-corrected chi connectivity index (χ2v) is 4.93. The Bertz CT molecular complexity index is 407. The molecule has 1 aromatic carbocycles. The molecular weight excluding hydrogens is 258 g/mol. The molecule has 0 radical (unpaired) electrons. The van der Waals surface area contributed by atoms with Gasteiger partial charge in [0.05, 0.1) is 13.7 Å². The van der Waals surface area contributed by atoms with Crippen LogP contribution < -0.4 is 15.2 Å². The summed E-state index contributed by atoms with van der Waals surface area (Å²) in [6, 6.07) is 5.53. The maximum Gasteiger partial charge on any atom is 0.161 e. The zero-order chi connectivity index (χ0) is 14.1. The number of ether oxygens (including phenoxy) is 2. The van der Waals surface area contributed by atoms with Crippen LogP contribution in [-0.4, -0.2) is 18.7 Å². The first-order chi connectivity index (χ1) is 9.19. The average Bonchev–Trinajstić information content (AvgIpc) is 2.42. The smallest absolute Gasteiger partial charge is 0.161 e. The Morgan fingerprint density at radius 2 is 1.89 bits per heavy atom. The summed E-state index contributed by atoms with van der Waals surface area (Å²) < 4.78 is 11.0. The zero-order valence-electron chi connectivity index (χ0n) is 11.8. The number of hydrogen-bond donors (Lipinski definition) is 1. The van der Waals surface area contributed by atoms with Crippen molar-refractivity contribution in [3.05, 3.63) is 23.8 Å². The third-order valence-electron chi connectivity index (χ3n) is 2.95. The Labute approximate surface area is 121 Å². The van der Waals surface area contributed by atoms with E-state index in [4.69, 9.17) is 27.4 Å². The third-order valence-corrected chi connectivity index (χ3v) is 3.19. The van der Waals surface area contributed by atoms with Crippen LogP contribution in [0, 0.1) is 0 Å². The van der Waals surface area contributed by atoms with Crippen LogP contribution in [-0.2, 0) is 0 Å². The summed E-state index contributed by atoms with van der Waals surface area (Å²) in [5, 5.41) is 0. The van der Waals surface area contributed by atoms with Crippen LogP contribution in [0.2, 0.25) is 0 Å². The minimum Gasteiger partial charge on any atom is -0.493 e. The minimum atomic E-state index is 0.365. The molecule has 106 valence electrons. The zero-order valence-corrected chi connectivity index (χ0v) is 12.6. The number of thiocarbonyl (C=S) groups is 1. The molecule has 0 saturated heterocycles. The summed E-state index contributed by atoms with van der Waals surface area (Å²) in [4.78, 5) is 0.365. The predicted molar refractivity (Wildman–Crippen MR) is 83.1 cm³/mol. The van der Waals surface area contributed by atoms with Gasteiger partial charge in [-0.25, -0.2) is 0 Å². The van der Waals surface area contributed by atoms with Crippen LogP contribution in [0.5, 0.6) is 11.5 Å². The van der Waals surface area contributed by atoms with Gasteiger partial charge >= 0.3 is 0 Å². The number of hydrogen-bond acceptors (Lipinski definition) is 3. The quantitative estimate of drug-likeness (QED) is 0.554. The van der Waals surface area contributed by atoms with E-state index in [0.717, 1.165) is 17.7 Å². The summed E-state index contributed by atoms with van der Waals surface area (Å²) in [6.07, 6.45) is 6.11. The van der Waals surface area contributed by atoms with E-state index in [1.165, 1.54) is 25.7 Å². The fraction of sp³-hybridized carbons (Fsp3) is 0.533. The highest BCUT2D eigenvalue weighted by atomic mass is 32.1. The largest absolute Gasteiger partial charge is 0.493 e. The summed E-state index contributed by atoms with van der Waals surface area (Å²) in [5.41, 5.74) is 6.38. The monoisotopic (exact) mass is 281 g/mol. The number of unbranched alkanes of at least 4 members (excludes halogenated alkanes) is 4. The Morgan fingerprint density at radius 3 is 2.53 bits per heavy atom. The Kier molecular flexibility index (Phi) is 7.26. The van der Waals surface area contributed by atoms with Crippen molar-refractivity contribution in [1.82, 2.24) is 0 Å². The highest BCUT2D eigenvalue weighted by molar-refractivity contribution is 7.80. The molecule has 0 heterocycles. The molecular formula is C15H23NO2S. The topological polar surface area (TPSA) is 44.5 Å². The molecule has 1 aromatic rings. The van der Waals surface area contributed by atoms with Gasteiger partial charge in [0.2, 0.25) is 0 Å². The second-order valence-electron chi connectivity index (χ2n) is 4.49. The molecule has 0 saturated carbocycles. The lowest BCUT2D eigenvalue weighted by atomic mass is 10.1. The first kappa shape index (κ1) is 15.8. The molecule has 3 nitrogen and oxygen atoms in total. The first-order valence-corrected chi connectivity index (χ1v) is 7.20. The van der Waals surface area contributed by atoms with Gasteiger partial charge in [-0.15, -0.1) is 0 Å². The molecule has 0 aliphatic rings. The van der Waals surface area contributed by atoms with Gasteiger partial charge in [-0.1, -0.05) is 44.8 Å². The van der Waals surface area contributed by atoms with Gasteiger partial charge < -0.3 is 15.2 Å². The van der Waals surface area contributed by atoms with Gasteiger partial charge in [-0.2, -0.15) is 0 Å². The van der Waals surface area contributed by atoms with E-state index in [-0.39, 0.29) is 0 Å². The lowest BCUT2D eigenvalue weighted by Gasteiger charge is -2.11. The van der Waals surface area contributed by atoms with Gasteiger partial charge in [-0.3, -0.25) is 0 Å². The van der Waals surface area contributed by atoms with Crippen molar-refractivity contribution >= 4 is 17.2 Å². The minimum absolute atomic E-state index is 0.365. The SMILES string of the molecule is CCCCCCCOc1ccc(C(N)=S)cc1OC. The molecule has 19 heavy (non-hydrogen) atoms. The van der Waals surface area contributed by atoms with E-state index < -0.39 is 0 Å². The second kappa shape index (κ2) is 8.75. The molecule has 0 unspecified atom stereocenters. The van der Waals surface area contributed by atoms with Crippen LogP contribution in [0.4, 0.5) is 0 Å². The van der Waals surface area contributed by atoms with Gasteiger partial charge in [0.1, 0.15) is 4.99 Å². The Balaban J connectivity index is 2.47. The highest BCUT2D eigenvalue weighted by Crippen LogP contribution is 2.28. The summed E-state index contributed by atoms with van der Waals surface area (Å²) in [5.74, 6) is 1.43. The molecule has 4 heteroatoms. The fourth-order valence-electron chi connectivity index (χ4n) is 1.83. The molecule has 1 rings (SSSR count). The Morgan fingerprint density at radius 1 is 1.16 bits per heavy atom. The molecule has 0 bridgehead atoms. The molecule has 0 aromatic heterocycles. The average molecular weight is 281 g/mol. The third kappa shape index (κ3) is 5.47. The molecule has 0 aliphatic heterocycles. The maximum atomic E-state index is 5.73. The number of rotatable bonds is 9. The predicted octanol–water partition coefficient (Wildman–Crippen LogP) is 3.68. The van der Waals surface area contributed by atoms with Crippen LogP contribution in [0.1, 0.15) is 44.6 Å². The van der Waals surface area contributed by atoms with Crippen LogP contribution in [0.25, 0.3) is 0 Å². The normalized spacial score (nSPS) is 10.2. The van der Waals surface area contributed by atoms with Gasteiger partial charge in [0.15, 0.2) is 11.5 Å². The van der Waals surface area contributed by atoms with Crippen molar-refractivity contribution in [1.29, 1.82) is 0 Å². The van der Waals surface area contributed by atoms with E-state index in [1.807, 2.05) is 18.2 Å². The lowest BCUT2D eigenvalue weighted by Crippen LogP contribution is -2.09. The maximum absolute atomic E-state index is 5.73. The number of benzene rings is 1. The van der Waals surface area contributed by atoms with Gasteiger partial charge in [-0.05, 0) is 24.6 Å². The van der Waals surface area contributed by atoms with Crippen molar-refractivity contribution in [2.24, 2.45) is 5.73 Å². The lowest BCUT2D eigenvalue weighted by molar-refractivity contribution is 0.285. The van der Waals surface area contributed by atoms with E-state index in [0.29, 0.717) is 17.3 Å². The van der Waals surface area contributed by atoms with Crippen molar-refractivity contribution < 1.29 is 9.47 Å². The van der Waals surface area contributed by atoms with E-state index in [1.54, 1.807) is 7.11 Å². The van der Waals surface area contributed by atoms with Crippen LogP contribution in [0.15, 0.2) is 18.2 Å². The molecule has 0 fully saturated rings. The summed E-state index contributed by atoms with van der Waals surface area (Å²) in [6.45, 7) is 2.93. The van der Waals surface area contributed by atoms with Crippen LogP contribution >= 0.6 is 12.2 Å². The van der Waals surface area contributed by atoms with Crippen molar-refractivity contribution in [3.63, 3.8) is 0 Å². The number of nitrogens with two attached hydrogens (primary N) is 1. The molecule has 0 amide bonds. The first-order valence-electron chi connectivity index (χ1n) is 6.79. The van der Waals surface area contributed by atoms with E-state index in [2.05, 4.69) is 6.92 Å². The van der Waals surface area contributed by atoms with E-state index in [9.17, 15) is 0 Å². The Hall–Kier alpha value is -1.29. The van der Waals surface area contributed by atoms with Crippen LogP contribution in [0.3, 0.4) is 0 Å². The van der Waals surface area contributed by atoms with Crippen molar-refractivity contribution in [2.75, 3.05) is 13.7 Å². The van der Waals surface area contributed by atoms with Gasteiger partial charge in [0.25, 0.3) is 0 Å². The molecule has 0 spiro atoms. The molecule has 0 atom stereocenters. The summed E-state index contributed by atoms with van der Waals surface area (Å²) >= 11 is 4.94. The van der Waals surface area contributed by atoms with E-state index >= 15 is 0 Å². The molecule has 0 aliphatic carbocycles.